The minimum atomic E-state index is 0.727. The summed E-state index contributed by atoms with van der Waals surface area (Å²) in [6.45, 7) is 6.17. The lowest BCUT2D eigenvalue weighted by Gasteiger charge is -2.20. The van der Waals surface area contributed by atoms with E-state index < -0.39 is 0 Å². The molecule has 156 valence electrons. The molecule has 5 nitrogen and oxygen atoms in total. The number of likely N-dealkylation sites (tertiary alicyclic amines) is 1. The summed E-state index contributed by atoms with van der Waals surface area (Å²) < 4.78 is 5.91. The SMILES string of the molecule is C[C@@H]1CCCN1CCCOc1ccc(-c2ccc(NCc3ccccc3)nn2)cc1. The van der Waals surface area contributed by atoms with E-state index in [4.69, 9.17) is 4.74 Å². The zero-order valence-electron chi connectivity index (χ0n) is 17.6. The number of aromatic nitrogens is 2. The lowest BCUT2D eigenvalue weighted by atomic mass is 10.1. The topological polar surface area (TPSA) is 50.3 Å². The molecule has 3 aromatic rings. The van der Waals surface area contributed by atoms with Gasteiger partial charge in [-0.25, -0.2) is 0 Å². The summed E-state index contributed by atoms with van der Waals surface area (Å²) in [7, 11) is 0. The Kier molecular flexibility index (Phi) is 6.93. The second-order valence-electron chi connectivity index (χ2n) is 7.90. The molecule has 0 spiro atoms. The predicted octanol–water partition coefficient (Wildman–Crippen LogP) is 5.01. The molecule has 4 rings (SSSR count). The first-order valence-electron chi connectivity index (χ1n) is 10.9. The second kappa shape index (κ2) is 10.2. The minimum Gasteiger partial charge on any atom is -0.494 e. The van der Waals surface area contributed by atoms with Gasteiger partial charge in [-0.15, -0.1) is 10.2 Å². The van der Waals surface area contributed by atoms with Crippen LogP contribution in [0.15, 0.2) is 66.7 Å². The van der Waals surface area contributed by atoms with Crippen LogP contribution in [0.1, 0.15) is 31.7 Å². The van der Waals surface area contributed by atoms with Gasteiger partial charge in [0.25, 0.3) is 0 Å². The molecular formula is C25H30N4O. The highest BCUT2D eigenvalue weighted by Gasteiger charge is 2.19. The maximum atomic E-state index is 5.91. The smallest absolute Gasteiger partial charge is 0.148 e. The molecule has 1 fully saturated rings. The first-order valence-corrected chi connectivity index (χ1v) is 10.9. The van der Waals surface area contributed by atoms with Crippen molar-refractivity contribution in [3.05, 3.63) is 72.3 Å². The maximum Gasteiger partial charge on any atom is 0.148 e. The Morgan fingerprint density at radius 2 is 1.83 bits per heavy atom. The molecule has 30 heavy (non-hydrogen) atoms. The summed E-state index contributed by atoms with van der Waals surface area (Å²) in [5, 5.41) is 12.0. The van der Waals surface area contributed by atoms with E-state index in [-0.39, 0.29) is 0 Å². The van der Waals surface area contributed by atoms with Crippen LogP contribution in [0.2, 0.25) is 0 Å². The highest BCUT2D eigenvalue weighted by atomic mass is 16.5. The molecule has 0 saturated carbocycles. The van der Waals surface area contributed by atoms with Crippen molar-refractivity contribution >= 4 is 5.82 Å². The van der Waals surface area contributed by atoms with Crippen molar-refractivity contribution in [3.8, 4) is 17.0 Å². The fourth-order valence-electron chi connectivity index (χ4n) is 3.87. The van der Waals surface area contributed by atoms with Crippen LogP contribution in [0.5, 0.6) is 5.75 Å². The van der Waals surface area contributed by atoms with Crippen LogP contribution in [-0.2, 0) is 6.54 Å². The van der Waals surface area contributed by atoms with E-state index in [1.807, 2.05) is 54.6 Å². The molecule has 0 radical (unpaired) electrons. The number of hydrogen-bond donors (Lipinski definition) is 1. The fourth-order valence-corrected chi connectivity index (χ4v) is 3.87. The van der Waals surface area contributed by atoms with Crippen molar-refractivity contribution in [3.63, 3.8) is 0 Å². The van der Waals surface area contributed by atoms with E-state index in [9.17, 15) is 0 Å². The highest BCUT2D eigenvalue weighted by molar-refractivity contribution is 5.60. The van der Waals surface area contributed by atoms with Crippen LogP contribution < -0.4 is 10.1 Å². The van der Waals surface area contributed by atoms with E-state index in [0.717, 1.165) is 55.0 Å². The second-order valence-corrected chi connectivity index (χ2v) is 7.90. The number of nitrogens with one attached hydrogen (secondary N) is 1. The average molecular weight is 403 g/mol. The van der Waals surface area contributed by atoms with Crippen molar-refractivity contribution in [1.29, 1.82) is 0 Å². The van der Waals surface area contributed by atoms with E-state index in [0.29, 0.717) is 0 Å². The van der Waals surface area contributed by atoms with Crippen LogP contribution in [-0.4, -0.2) is 40.8 Å². The Balaban J connectivity index is 1.24. The number of nitrogens with zero attached hydrogens (tertiary/aromatic N) is 3. The molecule has 0 amide bonds. The van der Waals surface area contributed by atoms with E-state index in [2.05, 4.69) is 39.5 Å². The van der Waals surface area contributed by atoms with Crippen LogP contribution in [0.25, 0.3) is 11.3 Å². The Morgan fingerprint density at radius 3 is 2.53 bits per heavy atom. The number of benzene rings is 2. The Hall–Kier alpha value is -2.92. The van der Waals surface area contributed by atoms with Crippen LogP contribution in [0, 0.1) is 0 Å². The lowest BCUT2D eigenvalue weighted by Crippen LogP contribution is -2.28. The molecular weight excluding hydrogens is 372 g/mol. The van der Waals surface area contributed by atoms with Crippen molar-refractivity contribution in [1.82, 2.24) is 15.1 Å². The van der Waals surface area contributed by atoms with Crippen LogP contribution in [0.4, 0.5) is 5.82 Å². The molecule has 0 unspecified atom stereocenters. The molecule has 1 atom stereocenters. The molecule has 1 aliphatic rings. The van der Waals surface area contributed by atoms with Gasteiger partial charge in [0.15, 0.2) is 0 Å². The summed E-state index contributed by atoms with van der Waals surface area (Å²) >= 11 is 0. The van der Waals surface area contributed by atoms with Gasteiger partial charge in [0.2, 0.25) is 0 Å². The van der Waals surface area contributed by atoms with Gasteiger partial charge in [-0.3, -0.25) is 0 Å². The van der Waals surface area contributed by atoms with Gasteiger partial charge < -0.3 is 15.0 Å². The van der Waals surface area contributed by atoms with Crippen molar-refractivity contribution in [2.45, 2.75) is 38.8 Å². The molecule has 2 aromatic carbocycles. The first-order chi connectivity index (χ1) is 14.8. The summed E-state index contributed by atoms with van der Waals surface area (Å²) in [6.07, 6.45) is 3.72. The van der Waals surface area contributed by atoms with Crippen molar-refractivity contribution in [2.75, 3.05) is 25.0 Å². The van der Waals surface area contributed by atoms with Gasteiger partial charge in [0.05, 0.1) is 12.3 Å². The molecule has 1 N–H and O–H groups in total. The molecule has 1 aromatic heterocycles. The van der Waals surface area contributed by atoms with E-state index >= 15 is 0 Å². The van der Waals surface area contributed by atoms with Gasteiger partial charge in [-0.2, -0.15) is 0 Å². The van der Waals surface area contributed by atoms with E-state index in [1.165, 1.54) is 24.9 Å². The minimum absolute atomic E-state index is 0.727. The number of ether oxygens (including phenoxy) is 1. The largest absolute Gasteiger partial charge is 0.494 e. The van der Waals surface area contributed by atoms with Crippen molar-refractivity contribution in [2.24, 2.45) is 0 Å². The quantitative estimate of drug-likeness (QED) is 0.510. The summed E-state index contributed by atoms with van der Waals surface area (Å²) in [5.74, 6) is 1.68. The van der Waals surface area contributed by atoms with Crippen molar-refractivity contribution < 1.29 is 4.74 Å². The van der Waals surface area contributed by atoms with Crippen LogP contribution in [0.3, 0.4) is 0 Å². The summed E-state index contributed by atoms with van der Waals surface area (Å²) in [5.41, 5.74) is 3.11. The van der Waals surface area contributed by atoms with Gasteiger partial charge in [-0.05, 0) is 74.7 Å². The molecule has 5 heteroatoms. The normalized spacial score (nSPS) is 16.5. The summed E-state index contributed by atoms with van der Waals surface area (Å²) in [6, 6.07) is 23.1. The third kappa shape index (κ3) is 5.57. The molecule has 1 aliphatic heterocycles. The zero-order chi connectivity index (χ0) is 20.6. The standard InChI is InChI=1S/C25H30N4O/c1-20-7-5-16-29(20)17-6-18-30-23-12-10-22(11-13-23)24-14-15-25(28-27-24)26-19-21-8-3-2-4-9-21/h2-4,8-15,20H,5-7,16-19H2,1H3,(H,26,28)/t20-/m1/s1. The third-order valence-electron chi connectivity index (χ3n) is 5.68. The van der Waals surface area contributed by atoms with Gasteiger partial charge in [-0.1, -0.05) is 30.3 Å². The number of rotatable bonds is 9. The Labute approximate surface area is 179 Å². The monoisotopic (exact) mass is 402 g/mol. The maximum absolute atomic E-state index is 5.91. The lowest BCUT2D eigenvalue weighted by molar-refractivity contribution is 0.230. The first kappa shape index (κ1) is 20.4. The zero-order valence-corrected chi connectivity index (χ0v) is 17.6. The highest BCUT2D eigenvalue weighted by Crippen LogP contribution is 2.21. The summed E-state index contributed by atoms with van der Waals surface area (Å²) in [4.78, 5) is 2.56. The molecule has 1 saturated heterocycles. The Morgan fingerprint density at radius 1 is 1.00 bits per heavy atom. The number of anilines is 1. The van der Waals surface area contributed by atoms with Gasteiger partial charge in [0, 0.05) is 24.7 Å². The Bertz CT molecular complexity index is 897. The molecule has 2 heterocycles. The fraction of sp³-hybridized carbons (Fsp3) is 0.360. The predicted molar refractivity (Wildman–Crippen MR) is 122 cm³/mol. The van der Waals surface area contributed by atoms with Crippen LogP contribution >= 0.6 is 0 Å². The average Bonchev–Trinajstić information content (AvgIpc) is 3.21. The van der Waals surface area contributed by atoms with Gasteiger partial charge in [0.1, 0.15) is 11.6 Å². The number of hydrogen-bond acceptors (Lipinski definition) is 5. The molecule has 0 bridgehead atoms. The van der Waals surface area contributed by atoms with Gasteiger partial charge >= 0.3 is 0 Å². The molecule has 0 aliphatic carbocycles. The third-order valence-corrected chi connectivity index (χ3v) is 5.68. The van der Waals surface area contributed by atoms with E-state index in [1.54, 1.807) is 0 Å².